The largest absolute Gasteiger partial charge is 0.369 e. The van der Waals surface area contributed by atoms with Crippen molar-refractivity contribution in [2.45, 2.75) is 59.0 Å². The van der Waals surface area contributed by atoms with Crippen LogP contribution in [0.2, 0.25) is 0 Å². The number of hydrogen-bond acceptors (Lipinski definition) is 2. The van der Waals surface area contributed by atoms with E-state index >= 15 is 0 Å². The van der Waals surface area contributed by atoms with Crippen LogP contribution in [0.15, 0.2) is 24.3 Å². The van der Waals surface area contributed by atoms with Crippen LogP contribution in [0.25, 0.3) is 0 Å². The molecule has 2 heteroatoms. The van der Waals surface area contributed by atoms with Crippen LogP contribution >= 0.6 is 0 Å². The van der Waals surface area contributed by atoms with E-state index in [2.05, 4.69) is 71.0 Å². The molecule has 0 amide bonds. The standard InChI is InChI=1S/C21H35NO/c1-17-11-7-8-12-18(17)21(23-16-15-22(5)6)14-10-9-13-19(21)20(2,3)4/h7-8,11-12,19H,9-10,13-16H2,1-6H3. The number of nitrogens with zero attached hydrogens (tertiary/aromatic N) is 1. The molecule has 0 radical (unpaired) electrons. The van der Waals surface area contributed by atoms with Gasteiger partial charge in [-0.25, -0.2) is 0 Å². The van der Waals surface area contributed by atoms with Crippen molar-refractivity contribution in [3.63, 3.8) is 0 Å². The molecule has 0 N–H and O–H groups in total. The Hall–Kier alpha value is -0.860. The summed E-state index contributed by atoms with van der Waals surface area (Å²) in [4.78, 5) is 2.21. The Labute approximate surface area is 143 Å². The van der Waals surface area contributed by atoms with Crippen LogP contribution in [0.3, 0.4) is 0 Å². The third-order valence-corrected chi connectivity index (χ3v) is 5.40. The molecular weight excluding hydrogens is 282 g/mol. The summed E-state index contributed by atoms with van der Waals surface area (Å²) < 4.78 is 6.75. The first-order valence-electron chi connectivity index (χ1n) is 9.12. The molecule has 0 aromatic heterocycles. The molecule has 1 aromatic carbocycles. The van der Waals surface area contributed by atoms with E-state index in [1.165, 1.54) is 30.4 Å². The molecular formula is C21H35NO. The number of hydrogen-bond donors (Lipinski definition) is 0. The van der Waals surface area contributed by atoms with Gasteiger partial charge in [0, 0.05) is 6.54 Å². The molecule has 2 unspecified atom stereocenters. The van der Waals surface area contributed by atoms with Gasteiger partial charge < -0.3 is 9.64 Å². The molecule has 1 aliphatic carbocycles. The van der Waals surface area contributed by atoms with Crippen molar-refractivity contribution in [2.24, 2.45) is 11.3 Å². The Bertz CT molecular complexity index is 503. The molecule has 2 nitrogen and oxygen atoms in total. The van der Waals surface area contributed by atoms with Crippen molar-refractivity contribution >= 4 is 0 Å². The Morgan fingerprint density at radius 3 is 2.48 bits per heavy atom. The van der Waals surface area contributed by atoms with Crippen LogP contribution in [0.4, 0.5) is 0 Å². The molecule has 130 valence electrons. The lowest BCUT2D eigenvalue weighted by molar-refractivity contribution is -0.147. The van der Waals surface area contributed by atoms with Gasteiger partial charge in [-0.3, -0.25) is 0 Å². The van der Waals surface area contributed by atoms with Crippen molar-refractivity contribution in [1.29, 1.82) is 0 Å². The van der Waals surface area contributed by atoms with Gasteiger partial charge in [-0.2, -0.15) is 0 Å². The van der Waals surface area contributed by atoms with Gasteiger partial charge in [-0.05, 0) is 56.3 Å². The number of benzene rings is 1. The zero-order valence-corrected chi connectivity index (χ0v) is 16.0. The van der Waals surface area contributed by atoms with Crippen molar-refractivity contribution in [1.82, 2.24) is 4.90 Å². The van der Waals surface area contributed by atoms with E-state index in [1.54, 1.807) is 0 Å². The average molecular weight is 318 g/mol. The molecule has 1 aliphatic rings. The van der Waals surface area contributed by atoms with Crippen molar-refractivity contribution in [2.75, 3.05) is 27.2 Å². The van der Waals surface area contributed by atoms with Crippen LogP contribution in [0.1, 0.15) is 57.6 Å². The van der Waals surface area contributed by atoms with E-state index in [0.29, 0.717) is 5.92 Å². The minimum atomic E-state index is -0.127. The minimum absolute atomic E-state index is 0.127. The fourth-order valence-electron chi connectivity index (χ4n) is 4.31. The molecule has 0 aliphatic heterocycles. The Morgan fingerprint density at radius 2 is 1.87 bits per heavy atom. The Kier molecular flexibility index (Phi) is 5.91. The predicted molar refractivity (Wildman–Crippen MR) is 98.8 cm³/mol. The second-order valence-corrected chi connectivity index (χ2v) is 8.52. The molecule has 2 atom stereocenters. The number of ether oxygens (including phenoxy) is 1. The number of likely N-dealkylation sites (N-methyl/N-ethyl adjacent to an activating group) is 1. The zero-order valence-electron chi connectivity index (χ0n) is 16.0. The fourth-order valence-corrected chi connectivity index (χ4v) is 4.31. The maximum Gasteiger partial charge on any atom is 0.0967 e. The van der Waals surface area contributed by atoms with E-state index < -0.39 is 0 Å². The summed E-state index contributed by atoms with van der Waals surface area (Å²) in [6.07, 6.45) is 5.00. The summed E-state index contributed by atoms with van der Waals surface area (Å²) >= 11 is 0. The maximum atomic E-state index is 6.75. The van der Waals surface area contributed by atoms with Crippen LogP contribution in [-0.4, -0.2) is 32.1 Å². The topological polar surface area (TPSA) is 12.5 Å². The van der Waals surface area contributed by atoms with Gasteiger partial charge in [0.15, 0.2) is 0 Å². The van der Waals surface area contributed by atoms with E-state index in [9.17, 15) is 0 Å². The highest BCUT2D eigenvalue weighted by atomic mass is 16.5. The lowest BCUT2D eigenvalue weighted by atomic mass is 9.61. The maximum absolute atomic E-state index is 6.75. The average Bonchev–Trinajstić information content (AvgIpc) is 2.46. The molecule has 1 fully saturated rings. The van der Waals surface area contributed by atoms with Crippen LogP contribution < -0.4 is 0 Å². The van der Waals surface area contributed by atoms with Gasteiger partial charge in [0.2, 0.25) is 0 Å². The zero-order chi connectivity index (χ0) is 17.1. The SMILES string of the molecule is Cc1ccccc1C1(OCCN(C)C)CCCCC1C(C)(C)C. The number of aryl methyl sites for hydroxylation is 1. The Morgan fingerprint density at radius 1 is 1.17 bits per heavy atom. The summed E-state index contributed by atoms with van der Waals surface area (Å²) in [6.45, 7) is 11.2. The lowest BCUT2D eigenvalue weighted by Crippen LogP contribution is -2.47. The van der Waals surface area contributed by atoms with Crippen LogP contribution in [0, 0.1) is 18.3 Å². The molecule has 2 rings (SSSR count). The summed E-state index contributed by atoms with van der Waals surface area (Å²) in [5.41, 5.74) is 2.91. The van der Waals surface area contributed by atoms with Crippen LogP contribution in [-0.2, 0) is 10.3 Å². The first kappa shape index (κ1) is 18.5. The molecule has 0 saturated heterocycles. The first-order chi connectivity index (χ1) is 10.8. The third kappa shape index (κ3) is 4.16. The van der Waals surface area contributed by atoms with Gasteiger partial charge >= 0.3 is 0 Å². The van der Waals surface area contributed by atoms with Crippen molar-refractivity contribution < 1.29 is 4.74 Å². The summed E-state index contributed by atoms with van der Waals surface area (Å²) in [5.74, 6) is 0.562. The predicted octanol–water partition coefficient (Wildman–Crippen LogP) is 5.00. The first-order valence-corrected chi connectivity index (χ1v) is 9.12. The highest BCUT2D eigenvalue weighted by Gasteiger charge is 2.48. The molecule has 23 heavy (non-hydrogen) atoms. The van der Waals surface area contributed by atoms with E-state index in [1.807, 2.05) is 0 Å². The van der Waals surface area contributed by atoms with Crippen molar-refractivity contribution in [3.8, 4) is 0 Å². The van der Waals surface area contributed by atoms with Gasteiger partial charge in [0.1, 0.15) is 0 Å². The second-order valence-electron chi connectivity index (χ2n) is 8.52. The quantitative estimate of drug-likeness (QED) is 0.757. The van der Waals surface area contributed by atoms with Crippen LogP contribution in [0.5, 0.6) is 0 Å². The van der Waals surface area contributed by atoms with Crippen molar-refractivity contribution in [3.05, 3.63) is 35.4 Å². The van der Waals surface area contributed by atoms with Gasteiger partial charge in [0.25, 0.3) is 0 Å². The molecule has 0 heterocycles. The minimum Gasteiger partial charge on any atom is -0.369 e. The summed E-state index contributed by atoms with van der Waals surface area (Å²) in [6, 6.07) is 8.85. The number of rotatable bonds is 5. The van der Waals surface area contributed by atoms with E-state index in [0.717, 1.165) is 19.6 Å². The highest BCUT2D eigenvalue weighted by Crippen LogP contribution is 2.52. The monoisotopic (exact) mass is 317 g/mol. The molecule has 1 aromatic rings. The third-order valence-electron chi connectivity index (χ3n) is 5.40. The normalized spacial score (nSPS) is 25.8. The molecule has 1 saturated carbocycles. The smallest absolute Gasteiger partial charge is 0.0967 e. The second kappa shape index (κ2) is 7.36. The van der Waals surface area contributed by atoms with Gasteiger partial charge in [-0.1, -0.05) is 57.9 Å². The Balaban J connectivity index is 2.43. The molecule has 0 bridgehead atoms. The van der Waals surface area contributed by atoms with E-state index in [4.69, 9.17) is 4.74 Å². The van der Waals surface area contributed by atoms with E-state index in [-0.39, 0.29) is 11.0 Å². The summed E-state index contributed by atoms with van der Waals surface area (Å²) in [5, 5.41) is 0. The summed E-state index contributed by atoms with van der Waals surface area (Å²) in [7, 11) is 4.23. The van der Waals surface area contributed by atoms with Gasteiger partial charge in [-0.15, -0.1) is 0 Å². The van der Waals surface area contributed by atoms with Gasteiger partial charge in [0.05, 0.1) is 12.2 Å². The molecule has 0 spiro atoms. The fraction of sp³-hybridized carbons (Fsp3) is 0.714. The highest BCUT2D eigenvalue weighted by molar-refractivity contribution is 5.33. The lowest BCUT2D eigenvalue weighted by Gasteiger charge is -2.50.